The van der Waals surface area contributed by atoms with Crippen LogP contribution in [0.2, 0.25) is 5.02 Å². The van der Waals surface area contributed by atoms with Crippen LogP contribution in [0.15, 0.2) is 48.5 Å². The van der Waals surface area contributed by atoms with Crippen LogP contribution in [0.1, 0.15) is 40.3 Å². The minimum atomic E-state index is -0.679. The number of para-hydroxylation sites is 1. The molecule has 3 aromatic rings. The maximum atomic E-state index is 12.8. The Morgan fingerprint density at radius 3 is 2.34 bits per heavy atom. The first kappa shape index (κ1) is 20.6. The lowest BCUT2D eigenvalue weighted by molar-refractivity contribution is 0.0474. The number of carbonyl (C=O) groups is 2. The van der Waals surface area contributed by atoms with Crippen LogP contribution in [-0.2, 0) is 16.0 Å². The Kier molecular flexibility index (Phi) is 6.67. The average Bonchev–Trinajstić information content (AvgIpc) is 2.72. The lowest BCUT2D eigenvalue weighted by atomic mass is 10.0. The average molecular weight is 413 g/mol. The normalized spacial score (nSPS) is 10.6. The molecule has 0 bridgehead atoms. The van der Waals surface area contributed by atoms with Crippen LogP contribution in [-0.4, -0.2) is 30.1 Å². The van der Waals surface area contributed by atoms with Gasteiger partial charge in [-0.3, -0.25) is 0 Å². The Morgan fingerprint density at radius 1 is 0.966 bits per heavy atom. The number of aromatic nitrogens is 1. The highest BCUT2D eigenvalue weighted by Crippen LogP contribution is 2.31. The molecule has 6 nitrogen and oxygen atoms in total. The molecule has 0 spiro atoms. The number of anilines is 1. The molecule has 29 heavy (non-hydrogen) atoms. The fraction of sp³-hybridized carbons (Fsp3) is 0.227. The highest BCUT2D eigenvalue weighted by atomic mass is 35.5. The topological polar surface area (TPSA) is 77.5 Å². The van der Waals surface area contributed by atoms with Crippen molar-refractivity contribution in [2.75, 3.05) is 18.5 Å². The Bertz CT molecular complexity index is 1050. The number of benzene rings is 2. The number of nitrogens with one attached hydrogen (secondary N) is 1. The van der Waals surface area contributed by atoms with E-state index in [9.17, 15) is 9.59 Å². The van der Waals surface area contributed by atoms with Crippen LogP contribution in [0.25, 0.3) is 10.9 Å². The number of esters is 2. The molecule has 0 fully saturated rings. The lowest BCUT2D eigenvalue weighted by Gasteiger charge is -2.17. The van der Waals surface area contributed by atoms with Crippen LogP contribution >= 0.6 is 11.6 Å². The summed E-state index contributed by atoms with van der Waals surface area (Å²) < 4.78 is 10.3. The Morgan fingerprint density at radius 2 is 1.62 bits per heavy atom. The zero-order valence-electron chi connectivity index (χ0n) is 16.2. The quantitative estimate of drug-likeness (QED) is 0.559. The van der Waals surface area contributed by atoms with Crippen molar-refractivity contribution in [3.05, 3.63) is 70.4 Å². The van der Waals surface area contributed by atoms with E-state index in [1.165, 1.54) is 0 Å². The van der Waals surface area contributed by atoms with E-state index in [1.807, 2.05) is 36.4 Å². The molecule has 2 aromatic carbocycles. The zero-order valence-corrected chi connectivity index (χ0v) is 17.0. The molecule has 1 N–H and O–H groups in total. The van der Waals surface area contributed by atoms with E-state index in [0.29, 0.717) is 28.2 Å². The Balaban J connectivity index is 2.17. The van der Waals surface area contributed by atoms with Crippen LogP contribution in [0.4, 0.5) is 5.69 Å². The van der Waals surface area contributed by atoms with Gasteiger partial charge in [0.05, 0.1) is 24.4 Å². The van der Waals surface area contributed by atoms with E-state index < -0.39 is 11.9 Å². The van der Waals surface area contributed by atoms with Crippen LogP contribution in [0.3, 0.4) is 0 Å². The maximum absolute atomic E-state index is 12.8. The van der Waals surface area contributed by atoms with Gasteiger partial charge in [0.1, 0.15) is 5.56 Å². The van der Waals surface area contributed by atoms with Gasteiger partial charge in [-0.15, -0.1) is 0 Å². The highest BCUT2D eigenvalue weighted by Gasteiger charge is 2.27. The van der Waals surface area contributed by atoms with Gasteiger partial charge in [0.2, 0.25) is 0 Å². The number of nitrogens with zero attached hydrogens (tertiary/aromatic N) is 1. The second-order valence-electron chi connectivity index (χ2n) is 6.11. The zero-order chi connectivity index (χ0) is 20.8. The van der Waals surface area contributed by atoms with Gasteiger partial charge in [-0.1, -0.05) is 48.0 Å². The van der Waals surface area contributed by atoms with E-state index in [0.717, 1.165) is 5.56 Å². The molecule has 7 heteroatoms. The molecule has 0 atom stereocenters. The largest absolute Gasteiger partial charge is 0.462 e. The first-order chi connectivity index (χ1) is 14.1. The van der Waals surface area contributed by atoms with Crippen molar-refractivity contribution in [3.63, 3.8) is 0 Å². The number of halogens is 1. The summed E-state index contributed by atoms with van der Waals surface area (Å²) in [5, 5.41) is 4.55. The van der Waals surface area contributed by atoms with Gasteiger partial charge in [0.25, 0.3) is 0 Å². The third-order valence-corrected chi connectivity index (χ3v) is 4.62. The summed E-state index contributed by atoms with van der Waals surface area (Å²) in [7, 11) is 0. The van der Waals surface area contributed by atoms with Gasteiger partial charge >= 0.3 is 11.9 Å². The number of pyridine rings is 1. The Hall–Kier alpha value is -3.12. The summed E-state index contributed by atoms with van der Waals surface area (Å²) in [4.78, 5) is 29.7. The third-order valence-electron chi connectivity index (χ3n) is 4.25. The molecule has 0 unspecified atom stereocenters. The standard InChI is InChI=1S/C22H21ClN2O4/c1-3-28-21(26)18-19(24-13-14-9-5-7-11-16(14)23)15-10-6-8-12-17(15)25-20(18)22(27)29-4-2/h5-12H,3-4,13H2,1-2H3,(H,24,25). The van der Waals surface area contributed by atoms with Crippen molar-refractivity contribution in [1.82, 2.24) is 4.98 Å². The molecule has 0 saturated heterocycles. The van der Waals surface area contributed by atoms with Crippen LogP contribution in [0.5, 0.6) is 0 Å². The van der Waals surface area contributed by atoms with Gasteiger partial charge in [0.15, 0.2) is 5.69 Å². The molecular formula is C22H21ClN2O4. The smallest absolute Gasteiger partial charge is 0.357 e. The fourth-order valence-electron chi connectivity index (χ4n) is 2.97. The number of hydrogen-bond acceptors (Lipinski definition) is 6. The minimum Gasteiger partial charge on any atom is -0.462 e. The summed E-state index contributed by atoms with van der Waals surface area (Å²) in [5.41, 5.74) is 1.84. The van der Waals surface area contributed by atoms with E-state index >= 15 is 0 Å². The van der Waals surface area contributed by atoms with E-state index in [4.69, 9.17) is 21.1 Å². The number of rotatable bonds is 7. The molecule has 0 radical (unpaired) electrons. The molecule has 0 aliphatic heterocycles. The van der Waals surface area contributed by atoms with Gasteiger partial charge in [0, 0.05) is 17.0 Å². The SMILES string of the molecule is CCOC(=O)c1nc2ccccc2c(NCc2ccccc2Cl)c1C(=O)OCC. The number of hydrogen-bond donors (Lipinski definition) is 1. The lowest BCUT2D eigenvalue weighted by Crippen LogP contribution is -2.19. The first-order valence-electron chi connectivity index (χ1n) is 9.31. The van der Waals surface area contributed by atoms with Crippen molar-refractivity contribution in [2.45, 2.75) is 20.4 Å². The Labute approximate surface area is 173 Å². The molecule has 0 amide bonds. The molecule has 1 aromatic heterocycles. The second-order valence-corrected chi connectivity index (χ2v) is 6.52. The molecule has 150 valence electrons. The second kappa shape index (κ2) is 9.39. The maximum Gasteiger partial charge on any atom is 0.357 e. The number of ether oxygens (including phenoxy) is 2. The predicted molar refractivity (Wildman–Crippen MR) is 112 cm³/mol. The van der Waals surface area contributed by atoms with Crippen molar-refractivity contribution >= 4 is 40.1 Å². The molecule has 0 aliphatic carbocycles. The van der Waals surface area contributed by atoms with Crippen LogP contribution < -0.4 is 5.32 Å². The van der Waals surface area contributed by atoms with Crippen LogP contribution in [0, 0.1) is 0 Å². The van der Waals surface area contributed by atoms with Crippen molar-refractivity contribution in [2.24, 2.45) is 0 Å². The third kappa shape index (κ3) is 4.49. The minimum absolute atomic E-state index is 0.0519. The van der Waals surface area contributed by atoms with E-state index in [1.54, 1.807) is 26.0 Å². The van der Waals surface area contributed by atoms with Gasteiger partial charge < -0.3 is 14.8 Å². The van der Waals surface area contributed by atoms with Gasteiger partial charge in [-0.2, -0.15) is 0 Å². The summed E-state index contributed by atoms with van der Waals surface area (Å²) in [6, 6.07) is 14.6. The monoisotopic (exact) mass is 412 g/mol. The summed E-state index contributed by atoms with van der Waals surface area (Å²) in [5.74, 6) is -1.32. The summed E-state index contributed by atoms with van der Waals surface area (Å²) in [6.07, 6.45) is 0. The predicted octanol–water partition coefficient (Wildman–Crippen LogP) is 4.85. The molecule has 0 saturated carbocycles. The van der Waals surface area contributed by atoms with Crippen molar-refractivity contribution < 1.29 is 19.1 Å². The molecule has 1 heterocycles. The molecule has 0 aliphatic rings. The summed E-state index contributed by atoms with van der Waals surface area (Å²) >= 11 is 6.27. The van der Waals surface area contributed by atoms with E-state index in [-0.39, 0.29) is 24.5 Å². The fourth-order valence-corrected chi connectivity index (χ4v) is 3.17. The molecule has 3 rings (SSSR count). The van der Waals surface area contributed by atoms with Gasteiger partial charge in [-0.05, 0) is 31.5 Å². The number of fused-ring (bicyclic) bond motifs is 1. The van der Waals surface area contributed by atoms with E-state index in [2.05, 4.69) is 10.3 Å². The van der Waals surface area contributed by atoms with Crippen molar-refractivity contribution in [1.29, 1.82) is 0 Å². The first-order valence-corrected chi connectivity index (χ1v) is 9.68. The summed E-state index contributed by atoms with van der Waals surface area (Å²) in [6.45, 7) is 4.07. The number of carbonyl (C=O) groups excluding carboxylic acids is 2. The highest BCUT2D eigenvalue weighted by molar-refractivity contribution is 6.31. The van der Waals surface area contributed by atoms with Crippen molar-refractivity contribution in [3.8, 4) is 0 Å². The molecular weight excluding hydrogens is 392 g/mol. The van der Waals surface area contributed by atoms with Gasteiger partial charge in [-0.25, -0.2) is 14.6 Å².